The number of rotatable bonds is 8. The number of hydrogen-bond donors (Lipinski definition) is 1. The quantitative estimate of drug-likeness (QED) is 0.671. The van der Waals surface area contributed by atoms with Crippen LogP contribution in [0.15, 0.2) is 36.8 Å². The molecule has 2 amide bonds. The normalized spacial score (nSPS) is 18.9. The van der Waals surface area contributed by atoms with Crippen molar-refractivity contribution in [3.8, 4) is 5.75 Å². The van der Waals surface area contributed by atoms with Gasteiger partial charge in [0.2, 0.25) is 5.91 Å². The summed E-state index contributed by atoms with van der Waals surface area (Å²) in [5.41, 5.74) is 0.458. The predicted octanol–water partition coefficient (Wildman–Crippen LogP) is 0.723. The summed E-state index contributed by atoms with van der Waals surface area (Å²) >= 11 is 0. The molecule has 0 unspecified atom stereocenters. The average molecular weight is 387 g/mol. The summed E-state index contributed by atoms with van der Waals surface area (Å²) in [5.74, 6) is 0.160. The summed E-state index contributed by atoms with van der Waals surface area (Å²) in [4.78, 5) is 31.4. The van der Waals surface area contributed by atoms with Crippen molar-refractivity contribution < 1.29 is 19.1 Å². The van der Waals surface area contributed by atoms with Crippen molar-refractivity contribution in [2.24, 2.45) is 0 Å². The molecule has 9 nitrogen and oxygen atoms in total. The molecule has 28 heavy (non-hydrogen) atoms. The first-order valence-electron chi connectivity index (χ1n) is 9.30. The second kappa shape index (κ2) is 9.32. The molecule has 0 aliphatic carbocycles. The van der Waals surface area contributed by atoms with Gasteiger partial charge in [-0.3, -0.25) is 19.3 Å². The van der Waals surface area contributed by atoms with Crippen LogP contribution in [0.3, 0.4) is 0 Å². The summed E-state index contributed by atoms with van der Waals surface area (Å²) < 4.78 is 12.6. The van der Waals surface area contributed by atoms with Crippen LogP contribution in [0, 0.1) is 0 Å². The Morgan fingerprint density at radius 1 is 1.32 bits per heavy atom. The molecule has 0 saturated carbocycles. The Hall–Kier alpha value is -2.94. The maximum atomic E-state index is 13.1. The predicted molar refractivity (Wildman–Crippen MR) is 101 cm³/mol. The number of likely N-dealkylation sites (tertiary alicyclic amines) is 1. The fourth-order valence-electron chi connectivity index (χ4n) is 3.27. The van der Waals surface area contributed by atoms with E-state index in [1.165, 1.54) is 0 Å². The van der Waals surface area contributed by atoms with Crippen molar-refractivity contribution in [2.45, 2.75) is 32.0 Å². The molecule has 0 aromatic carbocycles. The zero-order chi connectivity index (χ0) is 19.9. The van der Waals surface area contributed by atoms with Crippen LogP contribution in [-0.4, -0.2) is 70.4 Å². The van der Waals surface area contributed by atoms with Crippen molar-refractivity contribution in [1.82, 2.24) is 25.0 Å². The third kappa shape index (κ3) is 4.48. The molecule has 0 bridgehead atoms. The monoisotopic (exact) mass is 387 g/mol. The highest BCUT2D eigenvalue weighted by Crippen LogP contribution is 2.25. The van der Waals surface area contributed by atoms with E-state index in [0.717, 1.165) is 0 Å². The number of ether oxygens (including phenoxy) is 2. The van der Waals surface area contributed by atoms with E-state index in [9.17, 15) is 9.59 Å². The Morgan fingerprint density at radius 3 is 2.89 bits per heavy atom. The minimum Gasteiger partial charge on any atom is -0.487 e. The Labute approximate surface area is 163 Å². The van der Waals surface area contributed by atoms with E-state index in [1.54, 1.807) is 53.5 Å². The van der Waals surface area contributed by atoms with Gasteiger partial charge in [-0.15, -0.1) is 0 Å². The SMILES string of the molecule is CCn1nccc1C(=O)N1C[C@@H](Oc2cccnc2)C[C@H]1C(=O)NCCOC. The maximum absolute atomic E-state index is 13.1. The van der Waals surface area contributed by atoms with E-state index < -0.39 is 6.04 Å². The fourth-order valence-corrected chi connectivity index (χ4v) is 3.27. The molecule has 3 rings (SSSR count). The minimum atomic E-state index is -0.619. The van der Waals surface area contributed by atoms with Gasteiger partial charge in [-0.25, -0.2) is 0 Å². The smallest absolute Gasteiger partial charge is 0.272 e. The zero-order valence-electron chi connectivity index (χ0n) is 16.1. The van der Waals surface area contributed by atoms with E-state index in [2.05, 4.69) is 15.4 Å². The maximum Gasteiger partial charge on any atom is 0.272 e. The van der Waals surface area contributed by atoms with Crippen LogP contribution in [0.1, 0.15) is 23.8 Å². The summed E-state index contributed by atoms with van der Waals surface area (Å²) in [6, 6.07) is 4.63. The zero-order valence-corrected chi connectivity index (χ0v) is 16.1. The minimum absolute atomic E-state index is 0.217. The molecule has 9 heteroatoms. The van der Waals surface area contributed by atoms with Crippen LogP contribution in [0.25, 0.3) is 0 Å². The van der Waals surface area contributed by atoms with Crippen molar-refractivity contribution in [3.05, 3.63) is 42.5 Å². The number of carbonyl (C=O) groups is 2. The number of pyridine rings is 1. The van der Waals surface area contributed by atoms with E-state index >= 15 is 0 Å². The topological polar surface area (TPSA) is 98.6 Å². The van der Waals surface area contributed by atoms with E-state index in [-0.39, 0.29) is 17.9 Å². The molecule has 2 atom stereocenters. The summed E-state index contributed by atoms with van der Waals surface area (Å²) in [5, 5.41) is 6.98. The van der Waals surface area contributed by atoms with Gasteiger partial charge in [-0.1, -0.05) is 0 Å². The first kappa shape index (κ1) is 19.8. The molecule has 150 valence electrons. The standard InChI is InChI=1S/C19H25N5O4/c1-3-24-16(6-8-22-24)19(26)23-13-15(28-14-5-4-7-20-12-14)11-17(23)18(25)21-9-10-27-2/h4-8,12,15,17H,3,9-11,13H2,1-2H3,(H,21,25)/t15-,17-/m0/s1. The molecule has 1 aliphatic heterocycles. The number of aryl methyl sites for hydroxylation is 1. The largest absolute Gasteiger partial charge is 0.487 e. The van der Waals surface area contributed by atoms with Gasteiger partial charge in [0.1, 0.15) is 23.6 Å². The van der Waals surface area contributed by atoms with E-state index in [0.29, 0.717) is 44.1 Å². The first-order chi connectivity index (χ1) is 13.6. The second-order valence-electron chi connectivity index (χ2n) is 6.45. The van der Waals surface area contributed by atoms with Crippen LogP contribution in [0.4, 0.5) is 0 Å². The lowest BCUT2D eigenvalue weighted by atomic mass is 10.1. The molecule has 1 fully saturated rings. The molecule has 0 spiro atoms. The molecule has 1 N–H and O–H groups in total. The van der Waals surface area contributed by atoms with Gasteiger partial charge in [0.25, 0.3) is 5.91 Å². The lowest BCUT2D eigenvalue weighted by molar-refractivity contribution is -0.125. The lowest BCUT2D eigenvalue weighted by Gasteiger charge is -2.23. The molecule has 1 aliphatic rings. The summed E-state index contributed by atoms with van der Waals surface area (Å²) in [7, 11) is 1.57. The Bertz CT molecular complexity index is 795. The van der Waals surface area contributed by atoms with Gasteiger partial charge < -0.3 is 19.7 Å². The van der Waals surface area contributed by atoms with Gasteiger partial charge in [0.05, 0.1) is 19.3 Å². The van der Waals surface area contributed by atoms with Crippen molar-refractivity contribution in [2.75, 3.05) is 26.8 Å². The first-order valence-corrected chi connectivity index (χ1v) is 9.30. The second-order valence-corrected chi connectivity index (χ2v) is 6.45. The van der Waals surface area contributed by atoms with Crippen LogP contribution >= 0.6 is 0 Å². The van der Waals surface area contributed by atoms with E-state index in [4.69, 9.17) is 9.47 Å². The number of nitrogens with zero attached hydrogens (tertiary/aromatic N) is 4. The van der Waals surface area contributed by atoms with E-state index in [1.807, 2.05) is 6.92 Å². The molecular formula is C19H25N5O4. The highest BCUT2D eigenvalue weighted by atomic mass is 16.5. The van der Waals surface area contributed by atoms with Gasteiger partial charge in [-0.2, -0.15) is 5.10 Å². The number of aromatic nitrogens is 3. The van der Waals surface area contributed by atoms with Crippen LogP contribution in [-0.2, 0) is 16.1 Å². The number of hydrogen-bond acceptors (Lipinski definition) is 6. The highest BCUT2D eigenvalue weighted by Gasteiger charge is 2.41. The van der Waals surface area contributed by atoms with Crippen LogP contribution < -0.4 is 10.1 Å². The molecule has 3 heterocycles. The Balaban J connectivity index is 1.77. The number of carbonyl (C=O) groups excluding carboxylic acids is 2. The van der Waals surface area contributed by atoms with Crippen LogP contribution in [0.5, 0.6) is 5.75 Å². The van der Waals surface area contributed by atoms with Gasteiger partial charge >= 0.3 is 0 Å². The lowest BCUT2D eigenvalue weighted by Crippen LogP contribution is -2.47. The molecular weight excluding hydrogens is 362 g/mol. The molecule has 1 saturated heterocycles. The highest BCUT2D eigenvalue weighted by molar-refractivity contribution is 5.96. The number of methoxy groups -OCH3 is 1. The number of amides is 2. The van der Waals surface area contributed by atoms with Crippen molar-refractivity contribution >= 4 is 11.8 Å². The number of nitrogens with one attached hydrogen (secondary N) is 1. The summed E-state index contributed by atoms with van der Waals surface area (Å²) in [6.07, 6.45) is 4.97. The molecule has 2 aromatic heterocycles. The van der Waals surface area contributed by atoms with Gasteiger partial charge in [-0.05, 0) is 25.1 Å². The Morgan fingerprint density at radius 2 is 2.18 bits per heavy atom. The van der Waals surface area contributed by atoms with Crippen LogP contribution in [0.2, 0.25) is 0 Å². The third-order valence-corrected chi connectivity index (χ3v) is 4.60. The fraction of sp³-hybridized carbons (Fsp3) is 0.474. The van der Waals surface area contributed by atoms with Crippen molar-refractivity contribution in [1.29, 1.82) is 0 Å². The average Bonchev–Trinajstić information content (AvgIpc) is 3.35. The summed E-state index contributed by atoms with van der Waals surface area (Å²) in [6.45, 7) is 3.59. The van der Waals surface area contributed by atoms with Gasteiger partial charge in [0, 0.05) is 39.0 Å². The third-order valence-electron chi connectivity index (χ3n) is 4.60. The molecule has 2 aromatic rings. The van der Waals surface area contributed by atoms with Crippen molar-refractivity contribution in [3.63, 3.8) is 0 Å². The Kier molecular flexibility index (Phi) is 6.59. The van der Waals surface area contributed by atoms with Gasteiger partial charge in [0.15, 0.2) is 0 Å². The molecule has 0 radical (unpaired) electrons.